The number of hydrogen-bond donors (Lipinski definition) is 4. The predicted molar refractivity (Wildman–Crippen MR) is 145 cm³/mol. The van der Waals surface area contributed by atoms with E-state index >= 15 is 0 Å². The van der Waals surface area contributed by atoms with Crippen LogP contribution in [0.1, 0.15) is 22.8 Å². The number of nitrogens with one attached hydrogen (secondary N) is 3. The lowest BCUT2D eigenvalue weighted by Gasteiger charge is -2.19. The molecule has 4 aromatic carbocycles. The number of carboxylic acid groups (broad SMARTS) is 1. The molecule has 0 aliphatic heterocycles. The van der Waals surface area contributed by atoms with Crippen LogP contribution in [-0.2, 0) is 21.4 Å². The summed E-state index contributed by atoms with van der Waals surface area (Å²) in [6.45, 7) is 1.59. The summed E-state index contributed by atoms with van der Waals surface area (Å²) in [5.41, 5.74) is 1.16. The molecule has 194 valence electrons. The van der Waals surface area contributed by atoms with E-state index in [4.69, 9.17) is 4.74 Å². The van der Waals surface area contributed by atoms with Gasteiger partial charge in [-0.15, -0.1) is 0 Å². The number of para-hydroxylation sites is 3. The quantitative estimate of drug-likeness (QED) is 0.211. The van der Waals surface area contributed by atoms with Gasteiger partial charge in [0.25, 0.3) is 10.0 Å². The Bertz CT molecular complexity index is 1560. The minimum atomic E-state index is -4.41. The number of ether oxygens (including phenoxy) is 1. The van der Waals surface area contributed by atoms with Gasteiger partial charge in [0.15, 0.2) is 5.75 Å². The average Bonchev–Trinajstić information content (AvgIpc) is 2.89. The van der Waals surface area contributed by atoms with Crippen molar-refractivity contribution in [1.82, 2.24) is 0 Å². The largest absolute Gasteiger partial charge is 0.478 e. The first-order chi connectivity index (χ1) is 18.2. The first-order valence-electron chi connectivity index (χ1n) is 11.5. The van der Waals surface area contributed by atoms with Gasteiger partial charge in [-0.3, -0.25) is 9.52 Å². The molecule has 0 aliphatic carbocycles. The maximum atomic E-state index is 13.7. The highest BCUT2D eigenvalue weighted by atomic mass is 32.2. The molecule has 0 unspecified atom stereocenters. The summed E-state index contributed by atoms with van der Waals surface area (Å²) in [4.78, 5) is 23.2. The van der Waals surface area contributed by atoms with E-state index in [0.29, 0.717) is 5.75 Å². The van der Waals surface area contributed by atoms with Crippen LogP contribution in [-0.4, -0.2) is 25.4 Å². The molecule has 0 atom stereocenters. The standard InChI is InChI=1S/C28H25N3O6S/c1-19(32)30-23-14-8-9-15-24(23)31-38(35,36)26-17-21(28(33)34)16-25(29-18-20-10-4-2-5-11-20)27(26)37-22-12-6-3-7-13-22/h2-17,29,31H,18H2,1H3,(H,30,32)(H,33,34). The van der Waals surface area contributed by atoms with Crippen molar-refractivity contribution in [3.8, 4) is 11.5 Å². The van der Waals surface area contributed by atoms with E-state index in [1.165, 1.54) is 19.1 Å². The number of aromatic carboxylic acids is 1. The third-order valence-corrected chi connectivity index (χ3v) is 6.73. The van der Waals surface area contributed by atoms with E-state index in [0.717, 1.165) is 11.6 Å². The molecule has 0 saturated heterocycles. The lowest BCUT2D eigenvalue weighted by atomic mass is 10.1. The first-order valence-corrected chi connectivity index (χ1v) is 13.0. The lowest BCUT2D eigenvalue weighted by Crippen LogP contribution is -2.18. The van der Waals surface area contributed by atoms with Gasteiger partial charge in [0.2, 0.25) is 5.91 Å². The van der Waals surface area contributed by atoms with Gasteiger partial charge >= 0.3 is 5.97 Å². The van der Waals surface area contributed by atoms with E-state index in [-0.39, 0.29) is 40.8 Å². The van der Waals surface area contributed by atoms with Gasteiger partial charge in [0, 0.05) is 13.5 Å². The maximum Gasteiger partial charge on any atom is 0.335 e. The molecule has 0 saturated carbocycles. The van der Waals surface area contributed by atoms with Crippen LogP contribution >= 0.6 is 0 Å². The highest BCUT2D eigenvalue weighted by molar-refractivity contribution is 7.92. The fourth-order valence-corrected chi connectivity index (χ4v) is 4.89. The molecule has 9 nitrogen and oxygen atoms in total. The van der Waals surface area contributed by atoms with Crippen molar-refractivity contribution in [3.05, 3.63) is 108 Å². The number of carboxylic acids is 1. The first kappa shape index (κ1) is 26.2. The molecule has 0 spiro atoms. The Hall–Kier alpha value is -4.83. The Kier molecular flexibility index (Phi) is 7.93. The highest BCUT2D eigenvalue weighted by Gasteiger charge is 2.27. The van der Waals surface area contributed by atoms with Gasteiger partial charge < -0.3 is 20.5 Å². The van der Waals surface area contributed by atoms with Gasteiger partial charge in [-0.2, -0.15) is 0 Å². The summed E-state index contributed by atoms with van der Waals surface area (Å²) in [7, 11) is -4.41. The normalized spacial score (nSPS) is 10.9. The Balaban J connectivity index is 1.83. The van der Waals surface area contributed by atoms with Crippen molar-refractivity contribution >= 4 is 39.0 Å². The van der Waals surface area contributed by atoms with Gasteiger partial charge in [-0.05, 0) is 42.0 Å². The molecule has 0 aromatic heterocycles. The molecule has 0 radical (unpaired) electrons. The second-order valence-electron chi connectivity index (χ2n) is 8.24. The number of carbonyl (C=O) groups excluding carboxylic acids is 1. The van der Waals surface area contributed by atoms with Crippen LogP contribution in [0.4, 0.5) is 17.1 Å². The van der Waals surface area contributed by atoms with Crippen LogP contribution in [0.15, 0.2) is 102 Å². The summed E-state index contributed by atoms with van der Waals surface area (Å²) in [5, 5.41) is 15.5. The molecule has 10 heteroatoms. The van der Waals surface area contributed by atoms with Gasteiger partial charge in [-0.25, -0.2) is 13.2 Å². The zero-order chi connectivity index (χ0) is 27.1. The molecule has 4 rings (SSSR count). The number of amides is 1. The Labute approximate surface area is 220 Å². The minimum absolute atomic E-state index is 0.0818. The van der Waals surface area contributed by atoms with Crippen molar-refractivity contribution < 1.29 is 27.9 Å². The highest BCUT2D eigenvalue weighted by Crippen LogP contribution is 2.39. The number of hydrogen-bond acceptors (Lipinski definition) is 6. The van der Waals surface area contributed by atoms with Crippen LogP contribution in [0.25, 0.3) is 0 Å². The Morgan fingerprint density at radius 1 is 0.816 bits per heavy atom. The number of carbonyl (C=O) groups is 2. The monoisotopic (exact) mass is 531 g/mol. The molecule has 38 heavy (non-hydrogen) atoms. The summed E-state index contributed by atoms with van der Waals surface area (Å²) in [6.07, 6.45) is 0. The topological polar surface area (TPSA) is 134 Å². The van der Waals surface area contributed by atoms with E-state index in [1.807, 2.05) is 30.3 Å². The smallest absolute Gasteiger partial charge is 0.335 e. The predicted octanol–water partition coefficient (Wildman–Crippen LogP) is 5.55. The summed E-state index contributed by atoms with van der Waals surface area (Å²) < 4.78 is 36.0. The van der Waals surface area contributed by atoms with E-state index in [2.05, 4.69) is 15.4 Å². The zero-order valence-corrected chi connectivity index (χ0v) is 21.2. The van der Waals surface area contributed by atoms with Crippen molar-refractivity contribution in [2.75, 3.05) is 15.4 Å². The van der Waals surface area contributed by atoms with Crippen molar-refractivity contribution in [3.63, 3.8) is 0 Å². The van der Waals surface area contributed by atoms with E-state index in [1.54, 1.807) is 48.5 Å². The lowest BCUT2D eigenvalue weighted by molar-refractivity contribution is -0.114. The van der Waals surface area contributed by atoms with Crippen LogP contribution in [0, 0.1) is 0 Å². The molecule has 0 bridgehead atoms. The van der Waals surface area contributed by atoms with Crippen molar-refractivity contribution in [2.45, 2.75) is 18.4 Å². The number of rotatable bonds is 10. The Morgan fingerprint density at radius 2 is 1.42 bits per heavy atom. The van der Waals surface area contributed by atoms with Gasteiger partial charge in [-0.1, -0.05) is 60.7 Å². The summed E-state index contributed by atoms with van der Waals surface area (Å²) in [6, 6.07) is 26.5. The van der Waals surface area contributed by atoms with Crippen LogP contribution in [0.3, 0.4) is 0 Å². The fraction of sp³-hybridized carbons (Fsp3) is 0.0714. The van der Waals surface area contributed by atoms with Crippen molar-refractivity contribution in [2.24, 2.45) is 0 Å². The molecule has 1 amide bonds. The molecular weight excluding hydrogens is 506 g/mol. The third kappa shape index (κ3) is 6.48. The second-order valence-corrected chi connectivity index (χ2v) is 9.89. The van der Waals surface area contributed by atoms with E-state index in [9.17, 15) is 23.1 Å². The van der Waals surface area contributed by atoms with Crippen LogP contribution < -0.4 is 20.1 Å². The Morgan fingerprint density at radius 3 is 2.05 bits per heavy atom. The molecule has 0 heterocycles. The van der Waals surface area contributed by atoms with E-state index < -0.39 is 20.9 Å². The zero-order valence-electron chi connectivity index (χ0n) is 20.3. The minimum Gasteiger partial charge on any atom is -0.478 e. The summed E-state index contributed by atoms with van der Waals surface area (Å²) in [5.74, 6) is -1.42. The number of benzene rings is 4. The fourth-order valence-electron chi connectivity index (χ4n) is 3.63. The number of anilines is 3. The SMILES string of the molecule is CC(=O)Nc1ccccc1NS(=O)(=O)c1cc(C(=O)O)cc(NCc2ccccc2)c1Oc1ccccc1. The third-order valence-electron chi connectivity index (χ3n) is 5.36. The molecule has 0 fully saturated rings. The van der Waals surface area contributed by atoms with Gasteiger partial charge in [0.05, 0.1) is 22.6 Å². The molecule has 4 aromatic rings. The number of sulfonamides is 1. The van der Waals surface area contributed by atoms with Crippen LogP contribution in [0.2, 0.25) is 0 Å². The van der Waals surface area contributed by atoms with Gasteiger partial charge in [0.1, 0.15) is 10.6 Å². The maximum absolute atomic E-state index is 13.7. The van der Waals surface area contributed by atoms with Crippen LogP contribution in [0.5, 0.6) is 11.5 Å². The molecule has 4 N–H and O–H groups in total. The van der Waals surface area contributed by atoms with Crippen molar-refractivity contribution in [1.29, 1.82) is 0 Å². The molecule has 0 aliphatic rings. The summed E-state index contributed by atoms with van der Waals surface area (Å²) >= 11 is 0. The second kappa shape index (κ2) is 11.5. The molecular formula is C28H25N3O6S. The average molecular weight is 532 g/mol.